The van der Waals surface area contributed by atoms with Crippen LogP contribution in [-0.2, 0) is 6.42 Å². The molecule has 1 unspecified atom stereocenters. The highest BCUT2D eigenvalue weighted by atomic mass is 35.5. The van der Waals surface area contributed by atoms with Gasteiger partial charge < -0.3 is 5.11 Å². The smallest absolute Gasteiger partial charge is 0.124 e. The highest BCUT2D eigenvalue weighted by Crippen LogP contribution is 2.19. The number of rotatable bonds is 4. The molecule has 0 bridgehead atoms. The van der Waals surface area contributed by atoms with Gasteiger partial charge in [-0.25, -0.2) is 4.39 Å². The van der Waals surface area contributed by atoms with Crippen LogP contribution in [0.3, 0.4) is 0 Å². The predicted molar refractivity (Wildman–Crippen MR) is 56.0 cm³/mol. The lowest BCUT2D eigenvalue weighted by molar-refractivity contribution is 0.164. The highest BCUT2D eigenvalue weighted by Gasteiger charge is 2.08. The highest BCUT2D eigenvalue weighted by molar-refractivity contribution is 6.31. The van der Waals surface area contributed by atoms with Crippen LogP contribution in [0.1, 0.15) is 25.3 Å². The fraction of sp³-hybridized carbons (Fsp3) is 0.455. The molecule has 0 aliphatic carbocycles. The maximum atomic E-state index is 12.7. The van der Waals surface area contributed by atoms with Crippen LogP contribution in [0.4, 0.5) is 4.39 Å². The predicted octanol–water partition coefficient (Wildman–Crippen LogP) is 3.18. The molecule has 0 aliphatic rings. The van der Waals surface area contributed by atoms with Crippen LogP contribution in [0.2, 0.25) is 5.02 Å². The molecule has 1 aromatic rings. The van der Waals surface area contributed by atoms with Gasteiger partial charge in [-0.05, 0) is 30.5 Å². The van der Waals surface area contributed by atoms with Crippen LogP contribution in [0, 0.1) is 5.82 Å². The van der Waals surface area contributed by atoms with Gasteiger partial charge in [-0.15, -0.1) is 0 Å². The first kappa shape index (κ1) is 11.5. The molecular formula is C11H14ClFO. The zero-order valence-corrected chi connectivity index (χ0v) is 8.89. The van der Waals surface area contributed by atoms with Crippen LogP contribution in [0.5, 0.6) is 0 Å². The summed E-state index contributed by atoms with van der Waals surface area (Å²) < 4.78 is 12.7. The summed E-state index contributed by atoms with van der Waals surface area (Å²) in [6, 6.07) is 4.26. The van der Waals surface area contributed by atoms with E-state index in [0.29, 0.717) is 11.4 Å². The van der Waals surface area contributed by atoms with E-state index in [9.17, 15) is 9.50 Å². The van der Waals surface area contributed by atoms with Crippen molar-refractivity contribution in [1.82, 2.24) is 0 Å². The average molecular weight is 217 g/mol. The summed E-state index contributed by atoms with van der Waals surface area (Å²) >= 11 is 5.82. The minimum Gasteiger partial charge on any atom is -0.393 e. The lowest BCUT2D eigenvalue weighted by Crippen LogP contribution is -2.10. The monoisotopic (exact) mass is 216 g/mol. The first-order chi connectivity index (χ1) is 6.63. The van der Waals surface area contributed by atoms with Crippen molar-refractivity contribution < 1.29 is 9.50 Å². The Morgan fingerprint density at radius 2 is 2.21 bits per heavy atom. The third kappa shape index (κ3) is 3.28. The Labute approximate surface area is 88.5 Å². The number of aliphatic hydroxyl groups excluding tert-OH is 1. The summed E-state index contributed by atoms with van der Waals surface area (Å²) in [6.07, 6.45) is 1.78. The first-order valence-electron chi connectivity index (χ1n) is 4.75. The largest absolute Gasteiger partial charge is 0.393 e. The molecule has 0 radical (unpaired) electrons. The van der Waals surface area contributed by atoms with Gasteiger partial charge in [0.15, 0.2) is 0 Å². The molecule has 78 valence electrons. The third-order valence-corrected chi connectivity index (χ3v) is 2.44. The van der Waals surface area contributed by atoms with E-state index in [-0.39, 0.29) is 11.9 Å². The van der Waals surface area contributed by atoms with Crippen LogP contribution < -0.4 is 0 Å². The molecule has 1 rings (SSSR count). The quantitative estimate of drug-likeness (QED) is 0.820. The second-order valence-corrected chi connectivity index (χ2v) is 3.79. The lowest BCUT2D eigenvalue weighted by Gasteiger charge is -2.10. The zero-order chi connectivity index (χ0) is 10.6. The standard InChI is InChI=1S/C11H14ClFO/c1-2-3-10(14)6-8-4-5-9(13)7-11(8)12/h4-5,7,10,14H,2-3,6H2,1H3. The first-order valence-corrected chi connectivity index (χ1v) is 5.13. The summed E-state index contributed by atoms with van der Waals surface area (Å²) in [5.74, 6) is -0.344. The molecule has 0 aliphatic heterocycles. The molecule has 1 N–H and O–H groups in total. The normalized spacial score (nSPS) is 12.9. The molecule has 0 aromatic heterocycles. The van der Waals surface area contributed by atoms with E-state index in [1.165, 1.54) is 12.1 Å². The molecule has 1 nitrogen and oxygen atoms in total. The van der Waals surface area contributed by atoms with Crippen molar-refractivity contribution in [3.05, 3.63) is 34.6 Å². The van der Waals surface area contributed by atoms with Crippen molar-refractivity contribution in [2.75, 3.05) is 0 Å². The van der Waals surface area contributed by atoms with E-state index in [2.05, 4.69) is 0 Å². The van der Waals surface area contributed by atoms with Crippen molar-refractivity contribution in [2.24, 2.45) is 0 Å². The lowest BCUT2D eigenvalue weighted by atomic mass is 10.0. The van der Waals surface area contributed by atoms with Crippen molar-refractivity contribution in [3.8, 4) is 0 Å². The van der Waals surface area contributed by atoms with E-state index in [4.69, 9.17) is 11.6 Å². The maximum absolute atomic E-state index is 12.7. The summed E-state index contributed by atoms with van der Waals surface area (Å²) in [5.41, 5.74) is 0.800. The molecule has 14 heavy (non-hydrogen) atoms. The minimum atomic E-state index is -0.386. The number of aliphatic hydroxyl groups is 1. The molecule has 0 spiro atoms. The van der Waals surface area contributed by atoms with E-state index >= 15 is 0 Å². The maximum Gasteiger partial charge on any atom is 0.124 e. The molecule has 0 saturated heterocycles. The van der Waals surface area contributed by atoms with Gasteiger partial charge in [0.05, 0.1) is 6.10 Å². The summed E-state index contributed by atoms with van der Waals surface area (Å²) in [6.45, 7) is 2.01. The van der Waals surface area contributed by atoms with Gasteiger partial charge in [0, 0.05) is 5.02 Å². The molecule has 0 amide bonds. The van der Waals surface area contributed by atoms with Crippen molar-refractivity contribution in [3.63, 3.8) is 0 Å². The summed E-state index contributed by atoms with van der Waals surface area (Å²) in [4.78, 5) is 0. The van der Waals surface area contributed by atoms with Crippen LogP contribution in [0.25, 0.3) is 0 Å². The van der Waals surface area contributed by atoms with E-state index in [0.717, 1.165) is 18.4 Å². The van der Waals surface area contributed by atoms with Crippen molar-refractivity contribution in [2.45, 2.75) is 32.3 Å². The topological polar surface area (TPSA) is 20.2 Å². The van der Waals surface area contributed by atoms with E-state index < -0.39 is 0 Å². The van der Waals surface area contributed by atoms with Crippen molar-refractivity contribution >= 4 is 11.6 Å². The Morgan fingerprint density at radius 1 is 1.50 bits per heavy atom. The number of halogens is 2. The Balaban J connectivity index is 2.67. The van der Waals surface area contributed by atoms with E-state index in [1.807, 2.05) is 6.92 Å². The van der Waals surface area contributed by atoms with Gasteiger partial charge in [-0.2, -0.15) is 0 Å². The summed E-state index contributed by atoms with van der Waals surface area (Å²) in [5, 5.41) is 9.93. The zero-order valence-electron chi connectivity index (χ0n) is 8.13. The fourth-order valence-electron chi connectivity index (χ4n) is 1.38. The van der Waals surface area contributed by atoms with Crippen LogP contribution >= 0.6 is 11.6 Å². The molecule has 1 atom stereocenters. The van der Waals surface area contributed by atoms with Gasteiger partial charge in [0.2, 0.25) is 0 Å². The minimum absolute atomic E-state index is 0.344. The van der Waals surface area contributed by atoms with Gasteiger partial charge in [0.25, 0.3) is 0 Å². The SMILES string of the molecule is CCCC(O)Cc1ccc(F)cc1Cl. The molecule has 3 heteroatoms. The van der Waals surface area contributed by atoms with Gasteiger partial charge in [-0.1, -0.05) is 31.0 Å². The molecule has 0 fully saturated rings. The average Bonchev–Trinajstić information content (AvgIpc) is 2.10. The Hall–Kier alpha value is -0.600. The van der Waals surface area contributed by atoms with Crippen molar-refractivity contribution in [1.29, 1.82) is 0 Å². The van der Waals surface area contributed by atoms with Crippen LogP contribution in [-0.4, -0.2) is 11.2 Å². The van der Waals surface area contributed by atoms with Gasteiger partial charge in [0.1, 0.15) is 5.82 Å². The number of hydrogen-bond acceptors (Lipinski definition) is 1. The second kappa shape index (κ2) is 5.32. The Kier molecular flexibility index (Phi) is 4.36. The second-order valence-electron chi connectivity index (χ2n) is 3.38. The Bertz CT molecular complexity index is 301. The third-order valence-electron chi connectivity index (χ3n) is 2.09. The number of benzene rings is 1. The van der Waals surface area contributed by atoms with Gasteiger partial charge in [-0.3, -0.25) is 0 Å². The summed E-state index contributed by atoms with van der Waals surface area (Å²) in [7, 11) is 0. The Morgan fingerprint density at radius 3 is 2.79 bits per heavy atom. The molecular weight excluding hydrogens is 203 g/mol. The fourth-order valence-corrected chi connectivity index (χ4v) is 1.62. The molecule has 0 saturated carbocycles. The van der Waals surface area contributed by atoms with E-state index in [1.54, 1.807) is 6.07 Å². The molecule has 1 aromatic carbocycles. The number of hydrogen-bond donors (Lipinski definition) is 1. The van der Waals surface area contributed by atoms with Gasteiger partial charge >= 0.3 is 0 Å². The van der Waals surface area contributed by atoms with Crippen LogP contribution in [0.15, 0.2) is 18.2 Å². The molecule has 0 heterocycles.